The van der Waals surface area contributed by atoms with Gasteiger partial charge in [0.15, 0.2) is 0 Å². The lowest BCUT2D eigenvalue weighted by atomic mass is 10.5. The molecule has 0 amide bonds. The Morgan fingerprint density at radius 2 is 1.29 bits per heavy atom. The quantitative estimate of drug-likeness (QED) is 0.521. The zero-order valence-electron chi connectivity index (χ0n) is 10.1. The first-order chi connectivity index (χ1) is 6.34. The number of alkyl halides is 1. The minimum atomic E-state index is -2.21. The molecule has 0 rings (SSSR count). The van der Waals surface area contributed by atoms with Crippen molar-refractivity contribution in [3.63, 3.8) is 0 Å². The van der Waals surface area contributed by atoms with Gasteiger partial charge in [0.2, 0.25) is 0 Å². The molecule has 0 aliphatic carbocycles. The van der Waals surface area contributed by atoms with Gasteiger partial charge in [0.25, 0.3) is 0 Å². The van der Waals surface area contributed by atoms with Gasteiger partial charge in [-0.15, -0.1) is 11.6 Å². The van der Waals surface area contributed by atoms with Crippen LogP contribution in [-0.2, 0) is 8.85 Å². The van der Waals surface area contributed by atoms with E-state index in [9.17, 15) is 0 Å². The molecular formula is C10H23ClO2Si. The summed E-state index contributed by atoms with van der Waals surface area (Å²) in [6.07, 6.45) is 0.364. The van der Waals surface area contributed by atoms with Crippen molar-refractivity contribution in [3.8, 4) is 0 Å². The van der Waals surface area contributed by atoms with Crippen molar-refractivity contribution >= 4 is 20.2 Å². The van der Waals surface area contributed by atoms with Gasteiger partial charge in [0.1, 0.15) is 0 Å². The van der Waals surface area contributed by atoms with Crippen LogP contribution in [0.5, 0.6) is 0 Å². The Labute approximate surface area is 94.2 Å². The van der Waals surface area contributed by atoms with Gasteiger partial charge in [-0.1, -0.05) is 13.8 Å². The zero-order chi connectivity index (χ0) is 11.4. The Morgan fingerprint density at radius 3 is 1.43 bits per heavy atom. The Morgan fingerprint density at radius 1 is 0.929 bits per heavy atom. The highest BCUT2D eigenvalue weighted by Gasteiger charge is 2.42. The highest BCUT2D eigenvalue weighted by atomic mass is 35.5. The smallest absolute Gasteiger partial charge is 0.356 e. The van der Waals surface area contributed by atoms with Crippen LogP contribution in [0.15, 0.2) is 0 Å². The van der Waals surface area contributed by atoms with Crippen LogP contribution in [0.2, 0.25) is 5.54 Å². The Hall–Kier alpha value is 0.427. The maximum Gasteiger partial charge on any atom is 0.356 e. The standard InChI is InChI=1S/C10H23ClO2Si/c1-8(2)12-14(7-11,10(5)6)13-9(3)4/h8-10H,7H2,1-6H3. The molecule has 0 atom stereocenters. The third-order valence-electron chi connectivity index (χ3n) is 1.94. The first-order valence-corrected chi connectivity index (χ1v) is 7.89. The van der Waals surface area contributed by atoms with Crippen LogP contribution in [0.3, 0.4) is 0 Å². The van der Waals surface area contributed by atoms with Crippen LogP contribution in [-0.4, -0.2) is 26.3 Å². The second kappa shape index (κ2) is 6.11. The topological polar surface area (TPSA) is 18.5 Å². The average molecular weight is 239 g/mol. The summed E-state index contributed by atoms with van der Waals surface area (Å²) in [6.45, 7) is 12.4. The summed E-state index contributed by atoms with van der Waals surface area (Å²) < 4.78 is 11.9. The molecule has 0 spiro atoms. The molecule has 0 bridgehead atoms. The van der Waals surface area contributed by atoms with Crippen LogP contribution in [0.25, 0.3) is 0 Å². The molecule has 0 fully saturated rings. The lowest BCUT2D eigenvalue weighted by molar-refractivity contribution is 0.103. The van der Waals surface area contributed by atoms with E-state index < -0.39 is 8.56 Å². The summed E-state index contributed by atoms with van der Waals surface area (Å²) in [5.74, 6) is 0. The molecule has 0 radical (unpaired) electrons. The number of halogens is 1. The average Bonchev–Trinajstić information content (AvgIpc) is 2.00. The van der Waals surface area contributed by atoms with Gasteiger partial charge < -0.3 is 8.85 Å². The predicted molar refractivity (Wildman–Crippen MR) is 64.0 cm³/mol. The summed E-state index contributed by atoms with van der Waals surface area (Å²) in [5.41, 5.74) is 0.880. The van der Waals surface area contributed by atoms with Gasteiger partial charge >= 0.3 is 8.56 Å². The van der Waals surface area contributed by atoms with Crippen molar-refractivity contribution in [2.45, 2.75) is 59.3 Å². The van der Waals surface area contributed by atoms with E-state index >= 15 is 0 Å². The Bertz CT molecular complexity index is 150. The molecule has 0 unspecified atom stereocenters. The zero-order valence-corrected chi connectivity index (χ0v) is 11.9. The monoisotopic (exact) mass is 238 g/mol. The van der Waals surface area contributed by atoms with Gasteiger partial charge in [-0.05, 0) is 33.2 Å². The second-order valence-corrected chi connectivity index (χ2v) is 8.75. The molecule has 0 aromatic rings. The van der Waals surface area contributed by atoms with Crippen molar-refractivity contribution < 1.29 is 8.85 Å². The summed E-state index contributed by atoms with van der Waals surface area (Å²) in [4.78, 5) is 0. The van der Waals surface area contributed by atoms with Crippen LogP contribution in [0.1, 0.15) is 41.5 Å². The van der Waals surface area contributed by atoms with Gasteiger partial charge in [-0.25, -0.2) is 0 Å². The maximum absolute atomic E-state index is 6.02. The van der Waals surface area contributed by atoms with E-state index in [0.717, 1.165) is 0 Å². The van der Waals surface area contributed by atoms with Crippen molar-refractivity contribution in [1.82, 2.24) is 0 Å². The minimum absolute atomic E-state index is 0.182. The second-order valence-electron chi connectivity index (χ2n) is 4.43. The lowest BCUT2D eigenvalue weighted by Gasteiger charge is -2.35. The highest BCUT2D eigenvalue weighted by Crippen LogP contribution is 2.27. The molecule has 4 heteroatoms. The molecule has 0 aromatic heterocycles. The van der Waals surface area contributed by atoms with Crippen molar-refractivity contribution in [2.75, 3.05) is 5.50 Å². The fourth-order valence-electron chi connectivity index (χ4n) is 1.32. The number of hydrogen-bond acceptors (Lipinski definition) is 2. The van der Waals surface area contributed by atoms with Crippen molar-refractivity contribution in [2.24, 2.45) is 0 Å². The molecule has 0 aromatic carbocycles. The van der Waals surface area contributed by atoms with Crippen LogP contribution >= 0.6 is 11.6 Å². The van der Waals surface area contributed by atoms with Gasteiger partial charge in [-0.3, -0.25) is 0 Å². The van der Waals surface area contributed by atoms with Gasteiger partial charge in [0, 0.05) is 12.2 Å². The molecule has 0 aliphatic rings. The molecule has 86 valence electrons. The molecule has 0 saturated heterocycles. The Kier molecular flexibility index (Phi) is 6.29. The normalized spacial score (nSPS) is 13.3. The number of rotatable bonds is 6. The number of hydrogen-bond donors (Lipinski definition) is 0. The van der Waals surface area contributed by atoms with E-state index in [1.54, 1.807) is 0 Å². The minimum Gasteiger partial charge on any atom is -0.391 e. The molecule has 0 heterocycles. The van der Waals surface area contributed by atoms with Crippen LogP contribution < -0.4 is 0 Å². The summed E-state index contributed by atoms with van der Waals surface area (Å²) in [6, 6.07) is 0. The first kappa shape index (κ1) is 14.4. The third kappa shape index (κ3) is 4.30. The first-order valence-electron chi connectivity index (χ1n) is 5.25. The van der Waals surface area contributed by atoms with E-state index in [0.29, 0.717) is 11.0 Å². The molecular weight excluding hydrogens is 216 g/mol. The van der Waals surface area contributed by atoms with Gasteiger partial charge in [0.05, 0.1) is 5.50 Å². The summed E-state index contributed by atoms with van der Waals surface area (Å²) in [5, 5.41) is 0. The van der Waals surface area contributed by atoms with Gasteiger partial charge in [-0.2, -0.15) is 0 Å². The molecule has 0 aliphatic heterocycles. The van der Waals surface area contributed by atoms with E-state index in [4.69, 9.17) is 20.5 Å². The largest absolute Gasteiger partial charge is 0.391 e. The molecule has 0 saturated carbocycles. The maximum atomic E-state index is 6.02. The fourth-order valence-corrected chi connectivity index (χ4v) is 5.25. The van der Waals surface area contributed by atoms with E-state index in [1.807, 2.05) is 27.7 Å². The van der Waals surface area contributed by atoms with Crippen molar-refractivity contribution in [3.05, 3.63) is 0 Å². The molecule has 2 nitrogen and oxygen atoms in total. The predicted octanol–water partition coefficient (Wildman–Crippen LogP) is 3.47. The third-order valence-corrected chi connectivity index (χ3v) is 6.93. The SMILES string of the molecule is CC(C)O[Si](CCl)(OC(C)C)C(C)C. The fraction of sp³-hybridized carbons (Fsp3) is 1.00. The Balaban J connectivity index is 4.60. The van der Waals surface area contributed by atoms with Crippen molar-refractivity contribution in [1.29, 1.82) is 0 Å². The molecule has 0 N–H and O–H groups in total. The molecule has 14 heavy (non-hydrogen) atoms. The van der Waals surface area contributed by atoms with Crippen LogP contribution in [0, 0.1) is 0 Å². The highest BCUT2D eigenvalue weighted by molar-refractivity contribution is 6.75. The lowest BCUT2D eigenvalue weighted by Crippen LogP contribution is -2.51. The van der Waals surface area contributed by atoms with Crippen LogP contribution in [0.4, 0.5) is 0 Å². The summed E-state index contributed by atoms with van der Waals surface area (Å²) in [7, 11) is -2.21. The van der Waals surface area contributed by atoms with E-state index in [1.165, 1.54) is 0 Å². The summed E-state index contributed by atoms with van der Waals surface area (Å²) >= 11 is 6.02. The van der Waals surface area contributed by atoms with E-state index in [2.05, 4.69) is 13.8 Å². The van der Waals surface area contributed by atoms with E-state index in [-0.39, 0.29) is 12.2 Å².